The first-order valence-electron chi connectivity index (χ1n) is 22.5. The number of nitrogens with one attached hydrogen (secondary N) is 9. The Balaban J connectivity index is 1.54. The Morgan fingerprint density at radius 1 is 0.868 bits per heavy atom. The summed E-state index contributed by atoms with van der Waals surface area (Å²) in [7, 11) is 0. The van der Waals surface area contributed by atoms with Crippen molar-refractivity contribution < 1.29 is 48.3 Å². The molecule has 0 aliphatic carbocycles. The molecule has 7 rings (SSSR count). The number of aliphatic carboxylic acids is 1. The van der Waals surface area contributed by atoms with Gasteiger partial charge in [-0.05, 0) is 49.7 Å². The Morgan fingerprint density at radius 2 is 1.60 bits per heavy atom. The van der Waals surface area contributed by atoms with Crippen LogP contribution in [0.5, 0.6) is 0 Å². The van der Waals surface area contributed by atoms with Crippen molar-refractivity contribution in [1.29, 1.82) is 0 Å². The Kier molecular flexibility index (Phi) is 15.7. The molecule has 0 saturated carbocycles. The van der Waals surface area contributed by atoms with Gasteiger partial charge in [-0.1, -0.05) is 39.8 Å². The van der Waals surface area contributed by atoms with E-state index in [2.05, 4.69) is 57.5 Å². The number of benzene rings is 1. The van der Waals surface area contributed by atoms with E-state index in [-0.39, 0.29) is 68.5 Å². The van der Waals surface area contributed by atoms with Gasteiger partial charge in [0, 0.05) is 54.4 Å². The van der Waals surface area contributed by atoms with Crippen LogP contribution >= 0.6 is 0 Å². The number of carbonyl (C=O) groups excluding carboxylic acids is 8. The molecular formula is C44H60N14O10. The quantitative estimate of drug-likeness (QED) is 0.0451. The maximum atomic E-state index is 14.7. The monoisotopic (exact) mass is 944 g/mol. The topological polar surface area (TPSA) is 368 Å². The van der Waals surface area contributed by atoms with Crippen LogP contribution in [0.25, 0.3) is 16.7 Å². The molecule has 24 nitrogen and oxygen atoms in total. The van der Waals surface area contributed by atoms with Crippen molar-refractivity contribution in [3.8, 4) is 5.82 Å². The molecule has 4 aliphatic rings. The number of imidazole rings is 1. The number of carboxylic acids is 1. The molecule has 24 heteroatoms. The fourth-order valence-corrected chi connectivity index (χ4v) is 8.68. The number of aromatic nitrogens is 3. The molecule has 4 aliphatic heterocycles. The largest absolute Gasteiger partial charge is 0.480 e. The molecule has 0 spiro atoms. The van der Waals surface area contributed by atoms with Gasteiger partial charge in [0.2, 0.25) is 47.3 Å². The lowest BCUT2D eigenvalue weighted by Crippen LogP contribution is -2.61. The molecule has 2 aromatic heterocycles. The first-order chi connectivity index (χ1) is 32.2. The normalized spacial score (nSPS) is 25.4. The van der Waals surface area contributed by atoms with Gasteiger partial charge in [-0.25, -0.2) is 9.78 Å². The summed E-state index contributed by atoms with van der Waals surface area (Å²) in [6.45, 7) is 7.93. The zero-order chi connectivity index (χ0) is 49.6. The highest BCUT2D eigenvalue weighted by molar-refractivity contribution is 5.99. The van der Waals surface area contributed by atoms with Crippen LogP contribution in [0.2, 0.25) is 0 Å². The Hall–Kier alpha value is -7.53. The lowest BCUT2D eigenvalue weighted by molar-refractivity contribution is -0.141. The summed E-state index contributed by atoms with van der Waals surface area (Å²) in [6, 6.07) is -3.55. The smallest absolute Gasteiger partial charge is 0.326 e. The molecule has 8 atom stereocenters. The number of H-pyrrole nitrogens is 1. The van der Waals surface area contributed by atoms with Crippen molar-refractivity contribution >= 4 is 70.1 Å². The first kappa shape index (κ1) is 49.9. The van der Waals surface area contributed by atoms with Crippen LogP contribution in [0.1, 0.15) is 83.0 Å². The van der Waals surface area contributed by atoms with Crippen LogP contribution in [0.3, 0.4) is 0 Å². The zero-order valence-corrected chi connectivity index (χ0v) is 38.4. The molecule has 7 bridgehead atoms. The third-order valence-electron chi connectivity index (χ3n) is 12.2. The molecule has 68 heavy (non-hydrogen) atoms. The number of nitrogens with zero attached hydrogens (tertiary/aromatic N) is 3. The Morgan fingerprint density at radius 3 is 2.26 bits per heavy atom. The number of carboxylic acid groups (broad SMARTS) is 1. The number of nitrogens with two attached hydrogens (primary N) is 2. The SMILES string of the molecule is CC1NC(=O)C(NC(=O)C2CCC(=O)N2)C(C(C)C)c2ccc3c4c([nH]c3c2)-n2cnc(c2)CC(C(=O)O)NC(=O)CNC(=O)C(CCCN=C(N)N)NC(=O)C(C4)NC(=O)C(C(C)C)NC1=O. The van der Waals surface area contributed by atoms with Crippen LogP contribution in [0.4, 0.5) is 0 Å². The maximum Gasteiger partial charge on any atom is 0.326 e. The number of hydrogen-bond donors (Lipinski definition) is 12. The highest BCUT2D eigenvalue weighted by atomic mass is 16.4. The Labute approximate surface area is 390 Å². The lowest BCUT2D eigenvalue weighted by Gasteiger charge is -2.32. The third-order valence-corrected chi connectivity index (χ3v) is 12.2. The fourth-order valence-electron chi connectivity index (χ4n) is 8.68. The summed E-state index contributed by atoms with van der Waals surface area (Å²) in [5, 5.41) is 31.9. The molecule has 366 valence electrons. The molecule has 14 N–H and O–H groups in total. The number of rotatable bonds is 9. The molecule has 0 radical (unpaired) electrons. The molecule has 8 unspecified atom stereocenters. The van der Waals surface area contributed by atoms with Crippen LogP contribution < -0.4 is 54.0 Å². The minimum absolute atomic E-state index is 0.0327. The minimum Gasteiger partial charge on any atom is -0.480 e. The van der Waals surface area contributed by atoms with E-state index in [0.29, 0.717) is 27.8 Å². The van der Waals surface area contributed by atoms with Gasteiger partial charge in [0.1, 0.15) is 54.4 Å². The van der Waals surface area contributed by atoms with E-state index in [1.165, 1.54) is 13.3 Å². The summed E-state index contributed by atoms with van der Waals surface area (Å²) in [5.41, 5.74) is 12.8. The van der Waals surface area contributed by atoms with E-state index in [0.717, 1.165) is 0 Å². The number of fused-ring (bicyclic) bond motifs is 13. The highest BCUT2D eigenvalue weighted by Crippen LogP contribution is 2.34. The number of aliphatic imine (C=N–C) groups is 1. The van der Waals surface area contributed by atoms with Crippen LogP contribution in [-0.2, 0) is 56.0 Å². The van der Waals surface area contributed by atoms with E-state index in [9.17, 15) is 48.3 Å². The summed E-state index contributed by atoms with van der Waals surface area (Å²) >= 11 is 0. The van der Waals surface area contributed by atoms with E-state index >= 15 is 0 Å². The second-order valence-corrected chi connectivity index (χ2v) is 18.1. The van der Waals surface area contributed by atoms with E-state index < -0.39 is 108 Å². The van der Waals surface area contributed by atoms with Crippen molar-refractivity contribution in [3.05, 3.63) is 47.5 Å². The van der Waals surface area contributed by atoms with Gasteiger partial charge in [-0.2, -0.15) is 0 Å². The number of aromatic amines is 1. The average molecular weight is 945 g/mol. The number of amides is 8. The average Bonchev–Trinajstić information content (AvgIpc) is 4.02. The predicted molar refractivity (Wildman–Crippen MR) is 244 cm³/mol. The minimum atomic E-state index is -1.45. The molecular weight excluding hydrogens is 885 g/mol. The number of hydrogen-bond acceptors (Lipinski definition) is 11. The summed E-state index contributed by atoms with van der Waals surface area (Å²) in [6.07, 6.45) is 2.98. The third kappa shape index (κ3) is 11.9. The van der Waals surface area contributed by atoms with E-state index in [1.807, 2.05) is 13.8 Å². The van der Waals surface area contributed by atoms with E-state index in [4.69, 9.17) is 11.5 Å². The molecule has 8 amide bonds. The lowest BCUT2D eigenvalue weighted by atomic mass is 9.81. The van der Waals surface area contributed by atoms with Gasteiger partial charge in [-0.3, -0.25) is 47.9 Å². The van der Waals surface area contributed by atoms with Crippen LogP contribution in [0, 0.1) is 11.8 Å². The van der Waals surface area contributed by atoms with Gasteiger partial charge in [0.15, 0.2) is 5.96 Å². The second-order valence-electron chi connectivity index (χ2n) is 18.1. The van der Waals surface area contributed by atoms with Gasteiger partial charge >= 0.3 is 5.97 Å². The Bertz CT molecular complexity index is 2490. The van der Waals surface area contributed by atoms with Crippen molar-refractivity contribution in [2.24, 2.45) is 28.3 Å². The predicted octanol–water partition coefficient (Wildman–Crippen LogP) is -2.68. The fraction of sp³-hybridized carbons (Fsp3) is 0.523. The van der Waals surface area contributed by atoms with Crippen molar-refractivity contribution in [2.45, 2.75) is 121 Å². The summed E-state index contributed by atoms with van der Waals surface area (Å²) in [5.74, 6) is -8.39. The van der Waals surface area contributed by atoms with Gasteiger partial charge < -0.3 is 64.1 Å². The standard InChI is InChI=1S/C44H60N14O10/c1-19(2)33-22-8-9-24-25-15-29(55-41(65)34(20(3)4)56-37(61)21(5)50-42(66)35(33)57-39(63)27-10-11-31(59)51-27)40(64)54-26(7-6-12-47-44(45)46)38(62)48-16-32(60)52-30(43(67)68)14-23-17-58(18-49-23)36(25)53-28(24)13-22/h8-9,13,17-21,26-27,29-30,33-35,53H,6-7,10-12,14-16H2,1-5H3,(H,48,62)(H,50,66)(H,51,59)(H,52,60)(H,54,64)(H,55,65)(H,56,61)(H,57,63)(H,67,68)(H4,45,46,47). The van der Waals surface area contributed by atoms with Crippen molar-refractivity contribution in [2.75, 3.05) is 13.1 Å². The second kappa shape index (κ2) is 21.4. The van der Waals surface area contributed by atoms with Crippen molar-refractivity contribution in [3.63, 3.8) is 0 Å². The van der Waals surface area contributed by atoms with Crippen molar-refractivity contribution in [1.82, 2.24) is 57.1 Å². The highest BCUT2D eigenvalue weighted by Gasteiger charge is 2.39. The number of guanidine groups is 1. The molecule has 3 aromatic rings. The van der Waals surface area contributed by atoms with Gasteiger partial charge in [0.05, 0.1) is 12.2 Å². The molecule has 1 fully saturated rings. The van der Waals surface area contributed by atoms with Gasteiger partial charge in [-0.15, -0.1) is 0 Å². The van der Waals surface area contributed by atoms with Crippen LogP contribution in [0.15, 0.2) is 35.7 Å². The first-order valence-corrected chi connectivity index (χ1v) is 22.5. The van der Waals surface area contributed by atoms with Gasteiger partial charge in [0.25, 0.3) is 0 Å². The maximum absolute atomic E-state index is 14.7. The van der Waals surface area contributed by atoms with E-state index in [1.54, 1.807) is 42.8 Å². The molecule has 1 saturated heterocycles. The zero-order valence-electron chi connectivity index (χ0n) is 38.4. The molecule has 6 heterocycles. The number of carbonyl (C=O) groups is 9. The van der Waals surface area contributed by atoms with Crippen LogP contribution in [-0.4, -0.2) is 134 Å². The summed E-state index contributed by atoms with van der Waals surface area (Å²) in [4.78, 5) is 134. The molecule has 1 aromatic carbocycles. The summed E-state index contributed by atoms with van der Waals surface area (Å²) < 4.78 is 1.57.